The van der Waals surface area contributed by atoms with Crippen LogP contribution < -0.4 is 0 Å². The van der Waals surface area contributed by atoms with Crippen LogP contribution in [0.15, 0.2) is 0 Å². The Hall–Kier alpha value is -0.450. The lowest BCUT2D eigenvalue weighted by atomic mass is 10.2. The third kappa shape index (κ3) is 11.5. The summed E-state index contributed by atoms with van der Waals surface area (Å²) in [6.45, 7) is 6.00. The summed E-state index contributed by atoms with van der Waals surface area (Å²) >= 11 is 0. The fourth-order valence-corrected chi connectivity index (χ4v) is 1.18. The molecule has 0 aliphatic rings. The van der Waals surface area contributed by atoms with Gasteiger partial charge in [0.1, 0.15) is 5.78 Å². The molecule has 4 nitrogen and oxygen atoms in total. The first-order valence-electron chi connectivity index (χ1n) is 5.34. The van der Waals surface area contributed by atoms with Crippen molar-refractivity contribution in [2.75, 3.05) is 33.5 Å². The highest BCUT2D eigenvalue weighted by molar-refractivity contribution is 5.75. The Balaban J connectivity index is 3.13. The van der Waals surface area contributed by atoms with E-state index in [1.165, 1.54) is 0 Å². The molecule has 0 saturated heterocycles. The summed E-state index contributed by atoms with van der Waals surface area (Å²) in [7, 11) is 1.67. The zero-order valence-electron chi connectivity index (χ0n) is 9.95. The second-order valence-electron chi connectivity index (χ2n) is 3.55. The molecule has 0 aliphatic carbocycles. The minimum atomic E-state index is -0.00919. The van der Waals surface area contributed by atoms with E-state index in [2.05, 4.69) is 0 Å². The number of carbonyl (C=O) groups is 1. The van der Waals surface area contributed by atoms with Crippen LogP contribution in [-0.4, -0.2) is 45.4 Å². The normalized spacial score (nSPS) is 12.7. The maximum absolute atomic E-state index is 10.7. The van der Waals surface area contributed by atoms with Crippen molar-refractivity contribution < 1.29 is 19.0 Å². The molecule has 4 heteroatoms. The Morgan fingerprint density at radius 1 is 1.20 bits per heavy atom. The number of methoxy groups -OCH3 is 1. The van der Waals surface area contributed by atoms with Crippen LogP contribution in [0.2, 0.25) is 0 Å². The van der Waals surface area contributed by atoms with Crippen molar-refractivity contribution in [1.82, 2.24) is 0 Å². The van der Waals surface area contributed by atoms with Gasteiger partial charge in [-0.3, -0.25) is 4.79 Å². The van der Waals surface area contributed by atoms with Gasteiger partial charge < -0.3 is 14.2 Å². The molecule has 0 heterocycles. The Labute approximate surface area is 91.9 Å². The van der Waals surface area contributed by atoms with Crippen molar-refractivity contribution in [3.05, 3.63) is 0 Å². The second kappa shape index (κ2) is 10.1. The highest BCUT2D eigenvalue weighted by Gasteiger charge is 2.04. The van der Waals surface area contributed by atoms with Gasteiger partial charge in [-0.1, -0.05) is 0 Å². The van der Waals surface area contributed by atoms with Crippen LogP contribution in [-0.2, 0) is 19.0 Å². The van der Waals surface area contributed by atoms with Gasteiger partial charge in [-0.15, -0.1) is 0 Å². The van der Waals surface area contributed by atoms with Crippen molar-refractivity contribution in [3.8, 4) is 0 Å². The summed E-state index contributed by atoms with van der Waals surface area (Å²) in [6, 6.07) is 0. The summed E-state index contributed by atoms with van der Waals surface area (Å²) in [6.07, 6.45) is 1.37. The molecular formula is C11H22O4. The predicted octanol–water partition coefficient (Wildman–Crippen LogP) is 1.42. The Morgan fingerprint density at radius 2 is 1.93 bits per heavy atom. The summed E-state index contributed by atoms with van der Waals surface area (Å²) in [5, 5.41) is 0. The zero-order chi connectivity index (χ0) is 11.5. The Bertz CT molecular complexity index is 159. The van der Waals surface area contributed by atoms with Crippen LogP contribution >= 0.6 is 0 Å². The lowest BCUT2D eigenvalue weighted by Crippen LogP contribution is -2.16. The molecule has 0 spiro atoms. The van der Waals surface area contributed by atoms with Crippen LogP contribution in [0.4, 0.5) is 0 Å². The van der Waals surface area contributed by atoms with Gasteiger partial charge in [0.25, 0.3) is 0 Å². The van der Waals surface area contributed by atoms with Crippen molar-refractivity contribution >= 4 is 5.78 Å². The van der Waals surface area contributed by atoms with E-state index >= 15 is 0 Å². The first-order valence-corrected chi connectivity index (χ1v) is 5.34. The monoisotopic (exact) mass is 218 g/mol. The molecule has 0 amide bonds. The van der Waals surface area contributed by atoms with Gasteiger partial charge >= 0.3 is 0 Å². The first-order chi connectivity index (χ1) is 7.16. The van der Waals surface area contributed by atoms with Gasteiger partial charge in [-0.2, -0.15) is 0 Å². The third-order valence-corrected chi connectivity index (χ3v) is 1.84. The fraction of sp³-hybridized carbons (Fsp3) is 0.909. The van der Waals surface area contributed by atoms with Crippen LogP contribution in [0.25, 0.3) is 0 Å². The van der Waals surface area contributed by atoms with E-state index in [0.29, 0.717) is 26.2 Å². The number of carbonyl (C=O) groups excluding carboxylic acids is 1. The number of hydrogen-bond donors (Lipinski definition) is 0. The smallest absolute Gasteiger partial charge is 0.132 e. The number of hydrogen-bond acceptors (Lipinski definition) is 4. The van der Waals surface area contributed by atoms with Gasteiger partial charge in [0.15, 0.2) is 0 Å². The molecular weight excluding hydrogens is 196 g/mol. The van der Waals surface area contributed by atoms with E-state index in [0.717, 1.165) is 13.0 Å². The minimum Gasteiger partial charge on any atom is -0.385 e. The van der Waals surface area contributed by atoms with Gasteiger partial charge in [0.05, 0.1) is 19.3 Å². The van der Waals surface area contributed by atoms with Crippen molar-refractivity contribution in [2.24, 2.45) is 0 Å². The predicted molar refractivity (Wildman–Crippen MR) is 58.0 cm³/mol. The highest BCUT2D eigenvalue weighted by atomic mass is 16.5. The van der Waals surface area contributed by atoms with Crippen LogP contribution in [0.1, 0.15) is 26.7 Å². The van der Waals surface area contributed by atoms with Crippen molar-refractivity contribution in [3.63, 3.8) is 0 Å². The molecule has 0 rings (SSSR count). The fourth-order valence-electron chi connectivity index (χ4n) is 1.18. The zero-order valence-corrected chi connectivity index (χ0v) is 9.95. The molecule has 0 aromatic heterocycles. The molecule has 0 fully saturated rings. The molecule has 0 N–H and O–H groups in total. The van der Waals surface area contributed by atoms with E-state index in [4.69, 9.17) is 14.2 Å². The Morgan fingerprint density at radius 3 is 2.53 bits per heavy atom. The molecule has 0 aliphatic heterocycles. The van der Waals surface area contributed by atoms with Crippen molar-refractivity contribution in [2.45, 2.75) is 32.8 Å². The first kappa shape index (κ1) is 14.6. The van der Waals surface area contributed by atoms with E-state index < -0.39 is 0 Å². The lowest BCUT2D eigenvalue weighted by Gasteiger charge is -2.11. The molecule has 1 atom stereocenters. The van der Waals surface area contributed by atoms with Crippen LogP contribution in [0, 0.1) is 0 Å². The van der Waals surface area contributed by atoms with Gasteiger partial charge in [0, 0.05) is 26.7 Å². The standard InChI is InChI=1S/C11H22O4/c1-10(12)9-11(2)15-8-7-14-6-4-5-13-3/h11H,4-9H2,1-3H3. The average molecular weight is 218 g/mol. The summed E-state index contributed by atoms with van der Waals surface area (Å²) in [5.41, 5.74) is 0. The molecule has 90 valence electrons. The van der Waals surface area contributed by atoms with E-state index in [1.54, 1.807) is 14.0 Å². The van der Waals surface area contributed by atoms with E-state index in [-0.39, 0.29) is 11.9 Å². The van der Waals surface area contributed by atoms with E-state index in [1.807, 2.05) is 6.92 Å². The van der Waals surface area contributed by atoms with Crippen LogP contribution in [0.3, 0.4) is 0 Å². The van der Waals surface area contributed by atoms with Crippen LogP contribution in [0.5, 0.6) is 0 Å². The number of Topliss-reactive ketones (excluding diaryl/α,β-unsaturated/α-hetero) is 1. The second-order valence-corrected chi connectivity index (χ2v) is 3.55. The minimum absolute atomic E-state index is 0.00919. The number of ether oxygens (including phenoxy) is 3. The third-order valence-electron chi connectivity index (χ3n) is 1.84. The SMILES string of the molecule is COCCCOCCOC(C)CC(C)=O. The quantitative estimate of drug-likeness (QED) is 0.520. The summed E-state index contributed by atoms with van der Waals surface area (Å²) in [4.78, 5) is 10.7. The van der Waals surface area contributed by atoms with Crippen molar-refractivity contribution in [1.29, 1.82) is 0 Å². The topological polar surface area (TPSA) is 44.8 Å². The largest absolute Gasteiger partial charge is 0.385 e. The maximum Gasteiger partial charge on any atom is 0.132 e. The molecule has 0 aromatic rings. The molecule has 0 aromatic carbocycles. The summed E-state index contributed by atoms with van der Waals surface area (Å²) < 4.78 is 15.6. The highest BCUT2D eigenvalue weighted by Crippen LogP contribution is 1.97. The van der Waals surface area contributed by atoms with Gasteiger partial charge in [-0.05, 0) is 20.3 Å². The molecule has 0 radical (unpaired) electrons. The number of rotatable bonds is 10. The number of ketones is 1. The molecule has 0 bridgehead atoms. The van der Waals surface area contributed by atoms with Gasteiger partial charge in [0.2, 0.25) is 0 Å². The molecule has 1 unspecified atom stereocenters. The van der Waals surface area contributed by atoms with E-state index in [9.17, 15) is 4.79 Å². The Kier molecular flexibility index (Phi) is 9.78. The average Bonchev–Trinajstić information content (AvgIpc) is 2.15. The summed E-state index contributed by atoms with van der Waals surface area (Å²) in [5.74, 6) is 0.156. The molecule has 0 saturated carbocycles. The van der Waals surface area contributed by atoms with Gasteiger partial charge in [-0.25, -0.2) is 0 Å². The molecule has 15 heavy (non-hydrogen) atoms. The maximum atomic E-state index is 10.7. The lowest BCUT2D eigenvalue weighted by molar-refractivity contribution is -0.119.